The highest BCUT2D eigenvalue weighted by Crippen LogP contribution is 2.23. The van der Waals surface area contributed by atoms with Gasteiger partial charge in [-0.3, -0.25) is 4.79 Å². The first-order chi connectivity index (χ1) is 7.22. The van der Waals surface area contributed by atoms with E-state index in [4.69, 9.17) is 23.2 Å². The van der Waals surface area contributed by atoms with Gasteiger partial charge in [-0.05, 0) is 22.9 Å². The highest BCUT2D eigenvalue weighted by atomic mass is 35.5. The minimum absolute atomic E-state index is 0.00831. The molecule has 2 aromatic carbocycles. The molecule has 0 N–H and O–H groups in total. The SMILES string of the molecule is O=C(CCl)c1cccc2ccc(Cl)cc12. The summed E-state index contributed by atoms with van der Waals surface area (Å²) in [4.78, 5) is 11.6. The van der Waals surface area contributed by atoms with E-state index in [1.165, 1.54) is 0 Å². The topological polar surface area (TPSA) is 17.1 Å². The normalized spacial score (nSPS) is 10.5. The summed E-state index contributed by atoms with van der Waals surface area (Å²) in [5, 5.41) is 2.48. The summed E-state index contributed by atoms with van der Waals surface area (Å²) in [5.74, 6) is -0.0874. The van der Waals surface area contributed by atoms with Crippen LogP contribution in [0.4, 0.5) is 0 Å². The molecule has 0 bridgehead atoms. The summed E-state index contributed by atoms with van der Waals surface area (Å²) in [6.07, 6.45) is 0. The van der Waals surface area contributed by atoms with E-state index >= 15 is 0 Å². The van der Waals surface area contributed by atoms with Gasteiger partial charge in [0.25, 0.3) is 0 Å². The van der Waals surface area contributed by atoms with Crippen molar-refractivity contribution in [3.05, 3.63) is 47.0 Å². The maximum Gasteiger partial charge on any atom is 0.178 e. The molecule has 0 fully saturated rings. The van der Waals surface area contributed by atoms with Gasteiger partial charge in [-0.1, -0.05) is 35.9 Å². The Morgan fingerprint density at radius 3 is 2.73 bits per heavy atom. The number of hydrogen-bond donors (Lipinski definition) is 0. The fourth-order valence-electron chi connectivity index (χ4n) is 1.56. The molecule has 76 valence electrons. The van der Waals surface area contributed by atoms with Crippen LogP contribution in [0.15, 0.2) is 36.4 Å². The number of rotatable bonds is 2. The molecule has 0 amide bonds. The first-order valence-corrected chi connectivity index (χ1v) is 5.41. The summed E-state index contributed by atoms with van der Waals surface area (Å²) in [7, 11) is 0. The lowest BCUT2D eigenvalue weighted by atomic mass is 10.0. The van der Waals surface area contributed by atoms with Gasteiger partial charge in [0.2, 0.25) is 0 Å². The van der Waals surface area contributed by atoms with Crippen molar-refractivity contribution in [2.24, 2.45) is 0 Å². The van der Waals surface area contributed by atoms with Crippen molar-refractivity contribution in [1.29, 1.82) is 0 Å². The molecule has 15 heavy (non-hydrogen) atoms. The number of carbonyl (C=O) groups excluding carboxylic acids is 1. The molecule has 0 unspecified atom stereocenters. The van der Waals surface area contributed by atoms with E-state index in [0.717, 1.165) is 10.8 Å². The van der Waals surface area contributed by atoms with Crippen LogP contribution in [0.2, 0.25) is 5.02 Å². The number of carbonyl (C=O) groups is 1. The number of halogens is 2. The number of alkyl halides is 1. The molecule has 0 saturated carbocycles. The predicted molar refractivity (Wildman–Crippen MR) is 64.0 cm³/mol. The molecule has 2 rings (SSSR count). The van der Waals surface area contributed by atoms with Gasteiger partial charge in [0.15, 0.2) is 5.78 Å². The molecule has 0 aliphatic heterocycles. The Hall–Kier alpha value is -1.05. The lowest BCUT2D eigenvalue weighted by molar-refractivity contribution is 0.102. The Morgan fingerprint density at radius 1 is 1.20 bits per heavy atom. The van der Waals surface area contributed by atoms with E-state index in [1.807, 2.05) is 18.2 Å². The van der Waals surface area contributed by atoms with Crippen molar-refractivity contribution in [2.75, 3.05) is 5.88 Å². The van der Waals surface area contributed by atoms with Crippen LogP contribution in [0, 0.1) is 0 Å². The molecule has 0 heterocycles. The number of benzene rings is 2. The zero-order chi connectivity index (χ0) is 10.8. The second-order valence-electron chi connectivity index (χ2n) is 3.23. The second-order valence-corrected chi connectivity index (χ2v) is 3.93. The first-order valence-electron chi connectivity index (χ1n) is 4.50. The summed E-state index contributed by atoms with van der Waals surface area (Å²) in [6, 6.07) is 11.0. The fraction of sp³-hybridized carbons (Fsp3) is 0.0833. The quantitative estimate of drug-likeness (QED) is 0.573. The maximum atomic E-state index is 11.6. The van der Waals surface area contributed by atoms with Crippen LogP contribution in [-0.4, -0.2) is 11.7 Å². The minimum atomic E-state index is -0.0791. The molecule has 2 aromatic rings. The molecule has 0 spiro atoms. The molecule has 0 radical (unpaired) electrons. The molecule has 0 aliphatic rings. The third-order valence-corrected chi connectivity index (χ3v) is 2.74. The number of ketones is 1. The van der Waals surface area contributed by atoms with E-state index in [1.54, 1.807) is 18.2 Å². The third-order valence-electron chi connectivity index (χ3n) is 2.27. The molecule has 1 nitrogen and oxygen atoms in total. The average molecular weight is 239 g/mol. The largest absolute Gasteiger partial charge is 0.293 e. The van der Waals surface area contributed by atoms with Crippen LogP contribution in [0.25, 0.3) is 10.8 Å². The molecule has 3 heteroatoms. The van der Waals surface area contributed by atoms with Crippen molar-refractivity contribution >= 4 is 39.8 Å². The summed E-state index contributed by atoms with van der Waals surface area (Å²) < 4.78 is 0. The Labute approximate surface area is 97.6 Å². The van der Waals surface area contributed by atoms with Crippen molar-refractivity contribution in [1.82, 2.24) is 0 Å². The minimum Gasteiger partial charge on any atom is -0.293 e. The Bertz CT molecular complexity index is 520. The standard InChI is InChI=1S/C12H8Cl2O/c13-7-12(15)10-3-1-2-8-4-5-9(14)6-11(8)10/h1-6H,7H2. The van der Waals surface area contributed by atoms with Crippen molar-refractivity contribution in [3.63, 3.8) is 0 Å². The van der Waals surface area contributed by atoms with E-state index in [-0.39, 0.29) is 11.7 Å². The van der Waals surface area contributed by atoms with E-state index in [9.17, 15) is 4.79 Å². The highest BCUT2D eigenvalue weighted by molar-refractivity contribution is 6.33. The molecule has 0 atom stereocenters. The van der Waals surface area contributed by atoms with E-state index in [0.29, 0.717) is 10.6 Å². The van der Waals surface area contributed by atoms with Crippen molar-refractivity contribution in [3.8, 4) is 0 Å². The number of Topliss-reactive ketones (excluding diaryl/α,β-unsaturated/α-hetero) is 1. The average Bonchev–Trinajstić information content (AvgIpc) is 2.27. The number of fused-ring (bicyclic) bond motifs is 1. The number of hydrogen-bond acceptors (Lipinski definition) is 1. The van der Waals surface area contributed by atoms with Crippen molar-refractivity contribution < 1.29 is 4.79 Å². The summed E-state index contributed by atoms with van der Waals surface area (Å²) in [6.45, 7) is 0. The van der Waals surface area contributed by atoms with Gasteiger partial charge in [0, 0.05) is 10.6 Å². The smallest absolute Gasteiger partial charge is 0.178 e. The van der Waals surface area contributed by atoms with Crippen LogP contribution < -0.4 is 0 Å². The van der Waals surface area contributed by atoms with Gasteiger partial charge in [-0.2, -0.15) is 0 Å². The zero-order valence-corrected chi connectivity index (χ0v) is 9.35. The Kier molecular flexibility index (Phi) is 2.94. The first kappa shape index (κ1) is 10.5. The van der Waals surface area contributed by atoms with E-state index in [2.05, 4.69) is 0 Å². The maximum absolute atomic E-state index is 11.6. The molecular weight excluding hydrogens is 231 g/mol. The predicted octanol–water partition coefficient (Wildman–Crippen LogP) is 3.91. The van der Waals surface area contributed by atoms with Crippen LogP contribution in [0.5, 0.6) is 0 Å². The lowest BCUT2D eigenvalue weighted by Crippen LogP contribution is -2.00. The zero-order valence-electron chi connectivity index (χ0n) is 7.84. The summed E-state index contributed by atoms with van der Waals surface area (Å²) in [5.41, 5.74) is 0.630. The summed E-state index contributed by atoms with van der Waals surface area (Å²) >= 11 is 11.4. The highest BCUT2D eigenvalue weighted by Gasteiger charge is 2.08. The van der Waals surface area contributed by atoms with Crippen LogP contribution >= 0.6 is 23.2 Å². The van der Waals surface area contributed by atoms with Gasteiger partial charge < -0.3 is 0 Å². The monoisotopic (exact) mass is 238 g/mol. The van der Waals surface area contributed by atoms with Gasteiger partial charge >= 0.3 is 0 Å². The van der Waals surface area contributed by atoms with Crippen LogP contribution in [-0.2, 0) is 0 Å². The van der Waals surface area contributed by atoms with E-state index < -0.39 is 0 Å². The lowest BCUT2D eigenvalue weighted by Gasteiger charge is -2.04. The second kappa shape index (κ2) is 4.21. The third kappa shape index (κ3) is 1.99. The van der Waals surface area contributed by atoms with Gasteiger partial charge in [0.1, 0.15) is 0 Å². The Morgan fingerprint density at radius 2 is 2.00 bits per heavy atom. The van der Waals surface area contributed by atoms with Crippen LogP contribution in [0.1, 0.15) is 10.4 Å². The fourth-order valence-corrected chi connectivity index (χ4v) is 1.88. The molecule has 0 saturated heterocycles. The van der Waals surface area contributed by atoms with Crippen molar-refractivity contribution in [2.45, 2.75) is 0 Å². The van der Waals surface area contributed by atoms with Gasteiger partial charge in [0.05, 0.1) is 5.88 Å². The van der Waals surface area contributed by atoms with Crippen LogP contribution in [0.3, 0.4) is 0 Å². The van der Waals surface area contributed by atoms with Gasteiger partial charge in [-0.25, -0.2) is 0 Å². The molecule has 0 aliphatic carbocycles. The Balaban J connectivity index is 2.74. The molecular formula is C12H8Cl2O. The van der Waals surface area contributed by atoms with Gasteiger partial charge in [-0.15, -0.1) is 11.6 Å². The molecule has 0 aromatic heterocycles.